The molecule has 0 unspecified atom stereocenters. The highest BCUT2D eigenvalue weighted by Gasteiger charge is 2.35. The van der Waals surface area contributed by atoms with E-state index >= 15 is 0 Å². The van der Waals surface area contributed by atoms with Crippen LogP contribution >= 0.6 is 35.0 Å². The number of non-ortho nitro benzene ring substituents is 1. The zero-order valence-electron chi connectivity index (χ0n) is 17.4. The Morgan fingerprint density at radius 2 is 1.62 bits per heavy atom. The summed E-state index contributed by atoms with van der Waals surface area (Å²) in [6.07, 6.45) is 1.65. The first-order valence-electron chi connectivity index (χ1n) is 9.95. The lowest BCUT2D eigenvalue weighted by Crippen LogP contribution is -2.27. The van der Waals surface area contributed by atoms with Crippen LogP contribution in [0.1, 0.15) is 16.7 Å². The molecule has 34 heavy (non-hydrogen) atoms. The number of hydrogen-bond donors (Lipinski definition) is 0. The van der Waals surface area contributed by atoms with Gasteiger partial charge in [0.15, 0.2) is 0 Å². The summed E-state index contributed by atoms with van der Waals surface area (Å²) in [4.78, 5) is 36.9. The molecule has 0 N–H and O–H groups in total. The quantitative estimate of drug-likeness (QED) is 0.197. The van der Waals surface area contributed by atoms with Crippen LogP contribution in [-0.2, 0) is 17.9 Å². The van der Waals surface area contributed by atoms with Crippen molar-refractivity contribution < 1.29 is 19.2 Å². The van der Waals surface area contributed by atoms with Crippen molar-refractivity contribution in [1.82, 2.24) is 4.90 Å². The van der Waals surface area contributed by atoms with Gasteiger partial charge in [-0.3, -0.25) is 24.6 Å². The van der Waals surface area contributed by atoms with Crippen molar-refractivity contribution in [1.29, 1.82) is 0 Å². The molecule has 1 aliphatic rings. The molecule has 1 fully saturated rings. The van der Waals surface area contributed by atoms with Crippen LogP contribution in [0.4, 0.5) is 10.5 Å². The number of nitro benzene ring substituents is 1. The SMILES string of the molecule is O=C1S/C(=C\c2ccc(OCc3ccc([N+](=O)[O-])cc3)cc2)C(=O)N1Cc1ccc(Cl)c(Cl)c1. The standard InChI is InChI=1S/C24H16Cl2N2O5S/c25-20-10-5-17(11-21(20)26)13-27-23(29)22(34-24(27)30)12-15-3-8-19(9-4-15)33-14-16-1-6-18(7-2-16)28(31)32/h1-12H,13-14H2/b22-12-. The van der Waals surface area contributed by atoms with Crippen LogP contribution < -0.4 is 4.74 Å². The molecule has 3 aromatic rings. The Morgan fingerprint density at radius 3 is 2.26 bits per heavy atom. The van der Waals surface area contributed by atoms with Crippen LogP contribution in [0.25, 0.3) is 6.08 Å². The first kappa shape index (κ1) is 23.8. The molecule has 10 heteroatoms. The van der Waals surface area contributed by atoms with Crippen LogP contribution in [0.3, 0.4) is 0 Å². The molecule has 3 aromatic carbocycles. The van der Waals surface area contributed by atoms with E-state index in [9.17, 15) is 19.7 Å². The lowest BCUT2D eigenvalue weighted by atomic mass is 10.2. The van der Waals surface area contributed by atoms with Gasteiger partial charge in [0, 0.05) is 12.1 Å². The maximum absolute atomic E-state index is 12.8. The van der Waals surface area contributed by atoms with Crippen LogP contribution in [0.5, 0.6) is 5.75 Å². The third kappa shape index (κ3) is 5.59. The number of nitro groups is 1. The van der Waals surface area contributed by atoms with Crippen molar-refractivity contribution in [3.05, 3.63) is 108 Å². The lowest BCUT2D eigenvalue weighted by molar-refractivity contribution is -0.384. The second kappa shape index (κ2) is 10.3. The molecule has 0 aromatic heterocycles. The van der Waals surface area contributed by atoms with E-state index in [1.807, 2.05) is 0 Å². The monoisotopic (exact) mass is 514 g/mol. The fourth-order valence-corrected chi connectivity index (χ4v) is 4.31. The number of benzene rings is 3. The Kier molecular flexibility index (Phi) is 7.21. The van der Waals surface area contributed by atoms with E-state index in [0.29, 0.717) is 26.3 Å². The number of thioether (sulfide) groups is 1. The van der Waals surface area contributed by atoms with E-state index in [0.717, 1.165) is 27.8 Å². The minimum Gasteiger partial charge on any atom is -0.489 e. The fourth-order valence-electron chi connectivity index (χ4n) is 3.15. The predicted octanol–water partition coefficient (Wildman–Crippen LogP) is 6.72. The van der Waals surface area contributed by atoms with Crippen LogP contribution in [-0.4, -0.2) is 21.0 Å². The van der Waals surface area contributed by atoms with E-state index in [1.165, 1.54) is 12.1 Å². The maximum Gasteiger partial charge on any atom is 0.293 e. The summed E-state index contributed by atoms with van der Waals surface area (Å²) in [5, 5.41) is 11.1. The Morgan fingerprint density at radius 1 is 0.941 bits per heavy atom. The first-order chi connectivity index (χ1) is 16.3. The molecule has 0 atom stereocenters. The molecule has 4 rings (SSSR count). The first-order valence-corrected chi connectivity index (χ1v) is 11.5. The van der Waals surface area contributed by atoms with Crippen molar-refractivity contribution in [2.75, 3.05) is 0 Å². The molecular weight excluding hydrogens is 499 g/mol. The second-order valence-corrected chi connectivity index (χ2v) is 9.11. The van der Waals surface area contributed by atoms with Crippen LogP contribution in [0, 0.1) is 10.1 Å². The molecule has 0 spiro atoms. The summed E-state index contributed by atoms with van der Waals surface area (Å²) < 4.78 is 5.71. The van der Waals surface area contributed by atoms with Gasteiger partial charge in [0.05, 0.1) is 26.4 Å². The number of carbonyl (C=O) groups excluding carboxylic acids is 2. The summed E-state index contributed by atoms with van der Waals surface area (Å²) in [6, 6.07) is 18.2. The van der Waals surface area contributed by atoms with Crippen molar-refractivity contribution in [2.45, 2.75) is 13.2 Å². The van der Waals surface area contributed by atoms with Gasteiger partial charge in [-0.2, -0.15) is 0 Å². The van der Waals surface area contributed by atoms with Crippen molar-refractivity contribution in [2.24, 2.45) is 0 Å². The van der Waals surface area contributed by atoms with E-state index in [2.05, 4.69) is 0 Å². The third-order valence-corrected chi connectivity index (χ3v) is 6.58. The molecule has 172 valence electrons. The topological polar surface area (TPSA) is 89.7 Å². The lowest BCUT2D eigenvalue weighted by Gasteiger charge is -2.12. The molecule has 1 heterocycles. The molecular formula is C24H16Cl2N2O5S. The Bertz CT molecular complexity index is 1290. The summed E-state index contributed by atoms with van der Waals surface area (Å²) in [5.41, 5.74) is 2.26. The van der Waals surface area contributed by atoms with Crippen molar-refractivity contribution in [3.63, 3.8) is 0 Å². The molecule has 1 aliphatic heterocycles. The van der Waals surface area contributed by atoms with Gasteiger partial charge in [-0.1, -0.05) is 41.4 Å². The number of amides is 2. The zero-order valence-corrected chi connectivity index (χ0v) is 19.8. The highest BCUT2D eigenvalue weighted by Crippen LogP contribution is 2.34. The smallest absolute Gasteiger partial charge is 0.293 e. The molecule has 2 amide bonds. The van der Waals surface area contributed by atoms with Crippen molar-refractivity contribution >= 4 is 57.9 Å². The number of ether oxygens (including phenoxy) is 1. The average molecular weight is 515 g/mol. The molecule has 7 nitrogen and oxygen atoms in total. The third-order valence-electron chi connectivity index (χ3n) is 4.93. The Balaban J connectivity index is 1.38. The number of imide groups is 1. The Hall–Kier alpha value is -3.33. The average Bonchev–Trinajstić information content (AvgIpc) is 3.08. The molecule has 0 saturated carbocycles. The number of halogens is 2. The molecule has 1 saturated heterocycles. The molecule has 0 radical (unpaired) electrons. The van der Waals surface area contributed by atoms with Gasteiger partial charge in [-0.25, -0.2) is 0 Å². The van der Waals surface area contributed by atoms with E-state index in [1.54, 1.807) is 60.7 Å². The molecule has 0 bridgehead atoms. The van der Waals surface area contributed by atoms with Gasteiger partial charge >= 0.3 is 0 Å². The summed E-state index contributed by atoms with van der Waals surface area (Å²) in [6.45, 7) is 0.360. The number of hydrogen-bond acceptors (Lipinski definition) is 6. The van der Waals surface area contributed by atoms with E-state index in [-0.39, 0.29) is 30.0 Å². The van der Waals surface area contributed by atoms with Gasteiger partial charge < -0.3 is 4.74 Å². The Labute approximate surface area is 209 Å². The largest absolute Gasteiger partial charge is 0.489 e. The summed E-state index contributed by atoms with van der Waals surface area (Å²) in [5.74, 6) is 0.225. The minimum atomic E-state index is -0.453. The number of nitrogens with zero attached hydrogens (tertiary/aromatic N) is 2. The fraction of sp³-hybridized carbons (Fsp3) is 0.0833. The highest BCUT2D eigenvalue weighted by molar-refractivity contribution is 8.18. The van der Waals surface area contributed by atoms with Gasteiger partial charge in [-0.05, 0) is 70.9 Å². The van der Waals surface area contributed by atoms with Gasteiger partial charge in [-0.15, -0.1) is 0 Å². The highest BCUT2D eigenvalue weighted by atomic mass is 35.5. The summed E-state index contributed by atoms with van der Waals surface area (Å²) in [7, 11) is 0. The molecule has 0 aliphatic carbocycles. The zero-order chi connectivity index (χ0) is 24.2. The van der Waals surface area contributed by atoms with Crippen LogP contribution in [0.15, 0.2) is 71.6 Å². The number of carbonyl (C=O) groups is 2. The minimum absolute atomic E-state index is 0.0227. The van der Waals surface area contributed by atoms with Gasteiger partial charge in [0.2, 0.25) is 0 Å². The van der Waals surface area contributed by atoms with E-state index < -0.39 is 4.92 Å². The second-order valence-electron chi connectivity index (χ2n) is 7.30. The van der Waals surface area contributed by atoms with Gasteiger partial charge in [0.1, 0.15) is 12.4 Å². The summed E-state index contributed by atoms with van der Waals surface area (Å²) >= 11 is 12.8. The van der Waals surface area contributed by atoms with Crippen molar-refractivity contribution in [3.8, 4) is 5.75 Å². The predicted molar refractivity (Wildman–Crippen MR) is 132 cm³/mol. The normalized spacial score (nSPS) is 14.6. The van der Waals surface area contributed by atoms with Gasteiger partial charge in [0.25, 0.3) is 16.8 Å². The van der Waals surface area contributed by atoms with Crippen LogP contribution in [0.2, 0.25) is 10.0 Å². The van der Waals surface area contributed by atoms with E-state index in [4.69, 9.17) is 27.9 Å². The number of rotatable bonds is 7. The maximum atomic E-state index is 12.8.